The van der Waals surface area contributed by atoms with Gasteiger partial charge in [0.2, 0.25) is 0 Å². The molecule has 0 bridgehead atoms. The maximum absolute atomic E-state index is 6.24. The van der Waals surface area contributed by atoms with Crippen LogP contribution in [0.5, 0.6) is 0 Å². The Balaban J connectivity index is 2.63. The normalized spacial score (nSPS) is 10.8. The van der Waals surface area contributed by atoms with Gasteiger partial charge in [-0.15, -0.1) is 0 Å². The monoisotopic (exact) mass is 239 g/mol. The van der Waals surface area contributed by atoms with Crippen molar-refractivity contribution in [2.75, 3.05) is 13.6 Å². The van der Waals surface area contributed by atoms with Gasteiger partial charge in [0.1, 0.15) is 0 Å². The number of aryl methyl sites for hydroxylation is 3. The van der Waals surface area contributed by atoms with Gasteiger partial charge < -0.3 is 5.32 Å². The molecule has 90 valence electrons. The van der Waals surface area contributed by atoms with Crippen LogP contribution < -0.4 is 5.32 Å². The number of halogens is 1. The van der Waals surface area contributed by atoms with Gasteiger partial charge in [0, 0.05) is 5.02 Å². The van der Waals surface area contributed by atoms with E-state index < -0.39 is 0 Å². The van der Waals surface area contributed by atoms with Crippen molar-refractivity contribution in [1.82, 2.24) is 5.32 Å². The van der Waals surface area contributed by atoms with Gasteiger partial charge in [-0.3, -0.25) is 0 Å². The summed E-state index contributed by atoms with van der Waals surface area (Å²) in [5, 5.41) is 4.12. The zero-order valence-electron chi connectivity index (χ0n) is 10.6. The minimum absolute atomic E-state index is 0.946. The fourth-order valence-corrected chi connectivity index (χ4v) is 2.20. The molecule has 0 spiro atoms. The van der Waals surface area contributed by atoms with Crippen molar-refractivity contribution in [3.8, 4) is 0 Å². The minimum atomic E-state index is 0.946. The van der Waals surface area contributed by atoms with Crippen LogP contribution in [0.15, 0.2) is 12.1 Å². The highest BCUT2D eigenvalue weighted by atomic mass is 35.5. The maximum Gasteiger partial charge on any atom is 0.0467 e. The van der Waals surface area contributed by atoms with Crippen molar-refractivity contribution in [3.63, 3.8) is 0 Å². The Morgan fingerprint density at radius 1 is 1.25 bits per heavy atom. The van der Waals surface area contributed by atoms with Gasteiger partial charge in [0.05, 0.1) is 0 Å². The highest BCUT2D eigenvalue weighted by Gasteiger charge is 2.04. The van der Waals surface area contributed by atoms with Crippen LogP contribution in [0.2, 0.25) is 5.02 Å². The molecule has 1 aromatic rings. The Morgan fingerprint density at radius 2 is 2.00 bits per heavy atom. The molecule has 16 heavy (non-hydrogen) atoms. The van der Waals surface area contributed by atoms with Gasteiger partial charge in [0.25, 0.3) is 0 Å². The second-order valence-electron chi connectivity index (χ2n) is 4.30. The molecular weight excluding hydrogens is 218 g/mol. The first kappa shape index (κ1) is 13.5. The van der Waals surface area contributed by atoms with E-state index >= 15 is 0 Å². The molecule has 0 atom stereocenters. The Morgan fingerprint density at radius 3 is 2.62 bits per heavy atom. The van der Waals surface area contributed by atoms with E-state index in [0.717, 1.165) is 24.4 Å². The highest BCUT2D eigenvalue weighted by molar-refractivity contribution is 6.32. The van der Waals surface area contributed by atoms with E-state index in [1.807, 2.05) is 7.05 Å². The van der Waals surface area contributed by atoms with E-state index in [9.17, 15) is 0 Å². The van der Waals surface area contributed by atoms with Crippen LogP contribution in [0, 0.1) is 6.92 Å². The van der Waals surface area contributed by atoms with Gasteiger partial charge in [-0.05, 0) is 62.9 Å². The number of benzene rings is 1. The molecule has 1 nitrogen and oxygen atoms in total. The predicted octanol–water partition coefficient (Wildman–Crippen LogP) is 3.75. The molecule has 2 heteroatoms. The average Bonchev–Trinajstić information content (AvgIpc) is 2.29. The predicted molar refractivity (Wildman–Crippen MR) is 72.4 cm³/mol. The average molecular weight is 240 g/mol. The quantitative estimate of drug-likeness (QED) is 0.746. The lowest BCUT2D eigenvalue weighted by Crippen LogP contribution is -2.07. The van der Waals surface area contributed by atoms with Crippen molar-refractivity contribution in [1.29, 1.82) is 0 Å². The molecule has 0 fully saturated rings. The lowest BCUT2D eigenvalue weighted by molar-refractivity contribution is 0.677. The molecule has 1 aromatic carbocycles. The molecule has 0 radical (unpaired) electrons. The van der Waals surface area contributed by atoms with Gasteiger partial charge in [-0.1, -0.05) is 30.7 Å². The number of hydrogen-bond acceptors (Lipinski definition) is 1. The summed E-state index contributed by atoms with van der Waals surface area (Å²) in [6.07, 6.45) is 4.65. The number of hydrogen-bond donors (Lipinski definition) is 1. The summed E-state index contributed by atoms with van der Waals surface area (Å²) < 4.78 is 0. The molecule has 1 N–H and O–H groups in total. The fraction of sp³-hybridized carbons (Fsp3) is 0.571. The molecule has 0 aliphatic carbocycles. The number of nitrogens with one attached hydrogen (secondary N) is 1. The minimum Gasteiger partial charge on any atom is -0.320 e. The summed E-state index contributed by atoms with van der Waals surface area (Å²) >= 11 is 6.24. The van der Waals surface area contributed by atoms with Crippen LogP contribution in [-0.2, 0) is 12.8 Å². The van der Waals surface area contributed by atoms with Crippen LogP contribution in [0.4, 0.5) is 0 Å². The third kappa shape index (κ3) is 3.80. The standard InChI is InChI=1S/C14H22ClN/c1-4-13-10-12(7-5-6-8-16-3)9-11(2)14(13)15/h9-10,16H,4-8H2,1-3H3. The van der Waals surface area contributed by atoms with Crippen LogP contribution in [0.3, 0.4) is 0 Å². The summed E-state index contributed by atoms with van der Waals surface area (Å²) in [7, 11) is 2.00. The van der Waals surface area contributed by atoms with Gasteiger partial charge >= 0.3 is 0 Å². The Hall–Kier alpha value is -0.530. The summed E-state index contributed by atoms with van der Waals surface area (Å²) in [6.45, 7) is 5.36. The van der Waals surface area contributed by atoms with Crippen molar-refractivity contribution in [3.05, 3.63) is 33.8 Å². The zero-order valence-corrected chi connectivity index (χ0v) is 11.3. The lowest BCUT2D eigenvalue weighted by atomic mass is 10.0. The number of unbranched alkanes of at least 4 members (excludes halogenated alkanes) is 1. The zero-order chi connectivity index (χ0) is 12.0. The van der Waals surface area contributed by atoms with Crippen LogP contribution in [0.25, 0.3) is 0 Å². The van der Waals surface area contributed by atoms with E-state index in [4.69, 9.17) is 11.6 Å². The third-order valence-electron chi connectivity index (χ3n) is 2.91. The molecule has 0 aromatic heterocycles. The summed E-state index contributed by atoms with van der Waals surface area (Å²) in [5.74, 6) is 0. The second kappa shape index (κ2) is 6.93. The summed E-state index contributed by atoms with van der Waals surface area (Å²) in [6, 6.07) is 4.48. The number of rotatable bonds is 6. The molecule has 0 saturated heterocycles. The summed E-state index contributed by atoms with van der Waals surface area (Å²) in [4.78, 5) is 0. The Bertz CT molecular complexity index is 334. The van der Waals surface area contributed by atoms with E-state index in [0.29, 0.717) is 0 Å². The largest absolute Gasteiger partial charge is 0.320 e. The third-order valence-corrected chi connectivity index (χ3v) is 3.45. The molecule has 0 saturated carbocycles. The molecule has 0 aliphatic rings. The van der Waals surface area contributed by atoms with Crippen LogP contribution in [0.1, 0.15) is 36.5 Å². The molecule has 1 rings (SSSR count). The Labute approximate surface area is 104 Å². The second-order valence-corrected chi connectivity index (χ2v) is 4.68. The van der Waals surface area contributed by atoms with E-state index in [2.05, 4.69) is 31.3 Å². The molecule has 0 aliphatic heterocycles. The molecule has 0 unspecified atom stereocenters. The van der Waals surface area contributed by atoms with Gasteiger partial charge in [0.15, 0.2) is 0 Å². The Kier molecular flexibility index (Phi) is 5.86. The molecule has 0 amide bonds. The van der Waals surface area contributed by atoms with Crippen molar-refractivity contribution in [2.45, 2.75) is 39.5 Å². The molecule has 0 heterocycles. The van der Waals surface area contributed by atoms with Gasteiger partial charge in [-0.2, -0.15) is 0 Å². The van der Waals surface area contributed by atoms with Crippen molar-refractivity contribution in [2.24, 2.45) is 0 Å². The maximum atomic E-state index is 6.24. The molecular formula is C14H22ClN. The smallest absolute Gasteiger partial charge is 0.0467 e. The van der Waals surface area contributed by atoms with Crippen molar-refractivity contribution < 1.29 is 0 Å². The first-order valence-electron chi connectivity index (χ1n) is 6.11. The SMILES string of the molecule is CCc1cc(CCCCNC)cc(C)c1Cl. The van der Waals surface area contributed by atoms with Gasteiger partial charge in [-0.25, -0.2) is 0 Å². The summed E-state index contributed by atoms with van der Waals surface area (Å²) in [5.41, 5.74) is 3.92. The van der Waals surface area contributed by atoms with E-state index in [1.165, 1.54) is 29.5 Å². The lowest BCUT2D eigenvalue weighted by Gasteiger charge is -2.09. The van der Waals surface area contributed by atoms with Crippen LogP contribution >= 0.6 is 11.6 Å². The first-order chi connectivity index (χ1) is 7.69. The highest BCUT2D eigenvalue weighted by Crippen LogP contribution is 2.23. The van der Waals surface area contributed by atoms with Crippen molar-refractivity contribution >= 4 is 11.6 Å². The van der Waals surface area contributed by atoms with E-state index in [1.54, 1.807) is 0 Å². The van der Waals surface area contributed by atoms with Crippen LogP contribution in [-0.4, -0.2) is 13.6 Å². The fourth-order valence-electron chi connectivity index (χ4n) is 1.96. The first-order valence-corrected chi connectivity index (χ1v) is 6.49. The topological polar surface area (TPSA) is 12.0 Å². The van der Waals surface area contributed by atoms with E-state index in [-0.39, 0.29) is 0 Å².